The van der Waals surface area contributed by atoms with Crippen molar-refractivity contribution in [2.24, 2.45) is 0 Å². The maximum absolute atomic E-state index is 12.8. The molecule has 28 heavy (non-hydrogen) atoms. The highest BCUT2D eigenvalue weighted by atomic mass is 32.2. The van der Waals surface area contributed by atoms with Crippen LogP contribution in [0.4, 0.5) is 5.69 Å². The predicted octanol–water partition coefficient (Wildman–Crippen LogP) is 6.19. The van der Waals surface area contributed by atoms with Gasteiger partial charge in [-0.2, -0.15) is 0 Å². The lowest BCUT2D eigenvalue weighted by atomic mass is 10.2. The average Bonchev–Trinajstić information content (AvgIpc) is 2.98. The van der Waals surface area contributed by atoms with Crippen molar-refractivity contribution in [2.45, 2.75) is 6.92 Å². The first-order chi connectivity index (χ1) is 13.6. The lowest BCUT2D eigenvalue weighted by Crippen LogP contribution is -2.27. The summed E-state index contributed by atoms with van der Waals surface area (Å²) in [5.74, 6) is 1.44. The molecule has 1 amide bonds. The van der Waals surface area contributed by atoms with Crippen molar-refractivity contribution in [1.29, 1.82) is 0 Å². The fourth-order valence-corrected chi connectivity index (χ4v) is 4.09. The number of thioether (sulfide) groups is 1. The average molecular weight is 404 g/mol. The Hall–Kier alpha value is -2.89. The van der Waals surface area contributed by atoms with Crippen molar-refractivity contribution in [1.82, 2.24) is 0 Å². The molecule has 0 atom stereocenters. The molecule has 4 rings (SSSR count). The van der Waals surface area contributed by atoms with Crippen LogP contribution in [0.5, 0.6) is 11.5 Å². The van der Waals surface area contributed by atoms with Crippen LogP contribution in [-0.4, -0.2) is 10.2 Å². The van der Waals surface area contributed by atoms with E-state index in [0.29, 0.717) is 9.23 Å². The molecule has 5 heteroatoms. The molecule has 1 fully saturated rings. The number of ether oxygens (including phenoxy) is 1. The highest BCUT2D eigenvalue weighted by Gasteiger charge is 2.33. The standard InChI is InChI=1S/C23H17NO2S2/c1-16-7-11-18(12-8-16)24-22(25)21(28-23(24)27)15-17-9-13-20(14-10-17)26-19-5-3-2-4-6-19/h2-15H,1H3. The van der Waals surface area contributed by atoms with Crippen molar-refractivity contribution in [3.8, 4) is 11.5 Å². The first-order valence-corrected chi connectivity index (χ1v) is 10.0. The van der Waals surface area contributed by atoms with Crippen LogP contribution < -0.4 is 9.64 Å². The smallest absolute Gasteiger partial charge is 0.270 e. The summed E-state index contributed by atoms with van der Waals surface area (Å²) >= 11 is 6.75. The molecule has 0 bridgehead atoms. The summed E-state index contributed by atoms with van der Waals surface area (Å²) in [6.07, 6.45) is 1.86. The van der Waals surface area contributed by atoms with E-state index in [1.807, 2.05) is 91.9 Å². The van der Waals surface area contributed by atoms with Crippen molar-refractivity contribution in [2.75, 3.05) is 4.90 Å². The van der Waals surface area contributed by atoms with Crippen LogP contribution in [0, 0.1) is 6.92 Å². The number of para-hydroxylation sites is 1. The number of carbonyl (C=O) groups excluding carboxylic acids is 1. The van der Waals surface area contributed by atoms with Crippen LogP contribution in [0.1, 0.15) is 11.1 Å². The summed E-state index contributed by atoms with van der Waals surface area (Å²) in [6.45, 7) is 2.01. The number of rotatable bonds is 4. The van der Waals surface area contributed by atoms with Crippen LogP contribution in [0.2, 0.25) is 0 Å². The Morgan fingerprint density at radius 1 is 0.893 bits per heavy atom. The molecule has 0 unspecified atom stereocenters. The summed E-state index contributed by atoms with van der Waals surface area (Å²) in [4.78, 5) is 15.0. The van der Waals surface area contributed by atoms with Gasteiger partial charge in [0.1, 0.15) is 11.5 Å². The fraction of sp³-hybridized carbons (Fsp3) is 0.0435. The Bertz CT molecular complexity index is 1040. The van der Waals surface area contributed by atoms with Gasteiger partial charge in [-0.3, -0.25) is 9.69 Å². The minimum atomic E-state index is -0.0940. The highest BCUT2D eigenvalue weighted by molar-refractivity contribution is 8.27. The second-order valence-electron chi connectivity index (χ2n) is 6.34. The second kappa shape index (κ2) is 8.00. The third-order valence-electron chi connectivity index (χ3n) is 4.24. The van der Waals surface area contributed by atoms with Gasteiger partial charge in [0.25, 0.3) is 5.91 Å². The van der Waals surface area contributed by atoms with Crippen LogP contribution in [-0.2, 0) is 4.79 Å². The largest absolute Gasteiger partial charge is 0.457 e. The van der Waals surface area contributed by atoms with Gasteiger partial charge in [-0.05, 0) is 55.0 Å². The zero-order valence-corrected chi connectivity index (χ0v) is 16.8. The number of nitrogens with zero attached hydrogens (tertiary/aromatic N) is 1. The number of anilines is 1. The SMILES string of the molecule is Cc1ccc(N2C(=O)C(=Cc3ccc(Oc4ccccc4)cc3)SC2=S)cc1. The molecule has 3 nitrogen and oxygen atoms in total. The maximum Gasteiger partial charge on any atom is 0.270 e. The van der Waals surface area contributed by atoms with Crippen LogP contribution >= 0.6 is 24.0 Å². The molecule has 0 N–H and O–H groups in total. The van der Waals surface area contributed by atoms with Gasteiger partial charge in [0.2, 0.25) is 0 Å². The first-order valence-electron chi connectivity index (χ1n) is 8.78. The molecular weight excluding hydrogens is 386 g/mol. The molecule has 1 saturated heterocycles. The predicted molar refractivity (Wildman–Crippen MR) is 120 cm³/mol. The van der Waals surface area contributed by atoms with E-state index in [9.17, 15) is 4.79 Å². The molecule has 0 spiro atoms. The van der Waals surface area contributed by atoms with Crippen molar-refractivity contribution >= 4 is 46.0 Å². The Balaban J connectivity index is 1.52. The molecule has 1 heterocycles. The highest BCUT2D eigenvalue weighted by Crippen LogP contribution is 2.36. The van der Waals surface area contributed by atoms with E-state index >= 15 is 0 Å². The van der Waals surface area contributed by atoms with Gasteiger partial charge in [-0.25, -0.2) is 0 Å². The van der Waals surface area contributed by atoms with Crippen molar-refractivity contribution in [3.63, 3.8) is 0 Å². The van der Waals surface area contributed by atoms with Gasteiger partial charge < -0.3 is 4.74 Å². The molecule has 138 valence electrons. The molecule has 0 saturated carbocycles. The monoisotopic (exact) mass is 403 g/mol. The van der Waals surface area contributed by atoms with Gasteiger partial charge >= 0.3 is 0 Å². The first kappa shape index (κ1) is 18.5. The molecule has 0 aliphatic carbocycles. The lowest BCUT2D eigenvalue weighted by molar-refractivity contribution is -0.113. The van der Waals surface area contributed by atoms with E-state index in [1.54, 1.807) is 4.90 Å². The van der Waals surface area contributed by atoms with Gasteiger partial charge in [-0.1, -0.05) is 72.0 Å². The van der Waals surface area contributed by atoms with E-state index in [4.69, 9.17) is 17.0 Å². The molecule has 0 aromatic heterocycles. The fourth-order valence-electron chi connectivity index (χ4n) is 2.79. The molecule has 3 aromatic rings. The second-order valence-corrected chi connectivity index (χ2v) is 8.01. The number of thiocarbonyl (C=S) groups is 1. The Morgan fingerprint density at radius 2 is 1.54 bits per heavy atom. The third kappa shape index (κ3) is 4.01. The maximum atomic E-state index is 12.8. The van der Waals surface area contributed by atoms with Gasteiger partial charge in [-0.15, -0.1) is 0 Å². The van der Waals surface area contributed by atoms with E-state index in [-0.39, 0.29) is 5.91 Å². The summed E-state index contributed by atoms with van der Waals surface area (Å²) in [5.41, 5.74) is 2.86. The summed E-state index contributed by atoms with van der Waals surface area (Å²) in [6, 6.07) is 25.0. The lowest BCUT2D eigenvalue weighted by Gasteiger charge is -2.14. The normalized spacial score (nSPS) is 15.3. The van der Waals surface area contributed by atoms with Crippen LogP contribution in [0.3, 0.4) is 0 Å². The van der Waals surface area contributed by atoms with Crippen LogP contribution in [0.15, 0.2) is 83.8 Å². The number of aryl methyl sites for hydroxylation is 1. The third-order valence-corrected chi connectivity index (χ3v) is 5.54. The van der Waals surface area contributed by atoms with E-state index < -0.39 is 0 Å². The van der Waals surface area contributed by atoms with Gasteiger partial charge in [0, 0.05) is 0 Å². The number of hydrogen-bond donors (Lipinski definition) is 0. The van der Waals surface area contributed by atoms with Gasteiger partial charge in [0.15, 0.2) is 4.32 Å². The minimum Gasteiger partial charge on any atom is -0.457 e. The molecule has 1 aliphatic heterocycles. The Morgan fingerprint density at radius 3 is 2.21 bits per heavy atom. The molecule has 3 aromatic carbocycles. The molecular formula is C23H17NO2S2. The summed E-state index contributed by atoms with van der Waals surface area (Å²) in [5, 5.41) is 0. The molecule has 1 aliphatic rings. The zero-order valence-electron chi connectivity index (χ0n) is 15.2. The molecule has 0 radical (unpaired) electrons. The van der Waals surface area contributed by atoms with E-state index in [0.717, 1.165) is 28.3 Å². The zero-order chi connectivity index (χ0) is 19.5. The van der Waals surface area contributed by atoms with E-state index in [2.05, 4.69) is 0 Å². The topological polar surface area (TPSA) is 29.5 Å². The van der Waals surface area contributed by atoms with E-state index in [1.165, 1.54) is 11.8 Å². The summed E-state index contributed by atoms with van der Waals surface area (Å²) in [7, 11) is 0. The van der Waals surface area contributed by atoms with Gasteiger partial charge in [0.05, 0.1) is 10.6 Å². The minimum absolute atomic E-state index is 0.0940. The number of benzene rings is 3. The van der Waals surface area contributed by atoms with Crippen molar-refractivity contribution < 1.29 is 9.53 Å². The number of carbonyl (C=O) groups is 1. The van der Waals surface area contributed by atoms with Crippen LogP contribution in [0.25, 0.3) is 6.08 Å². The number of amides is 1. The number of hydrogen-bond acceptors (Lipinski definition) is 4. The Kier molecular flexibility index (Phi) is 5.28. The summed E-state index contributed by atoms with van der Waals surface area (Å²) < 4.78 is 6.35. The quantitative estimate of drug-likeness (QED) is 0.383. The Labute approximate surface area is 173 Å². The van der Waals surface area contributed by atoms with Crippen molar-refractivity contribution in [3.05, 3.63) is 94.9 Å².